The summed E-state index contributed by atoms with van der Waals surface area (Å²) in [5.41, 5.74) is 0. The second-order valence-electron chi connectivity index (χ2n) is 4.73. The molecule has 1 aliphatic heterocycles. The molecule has 1 aromatic carbocycles. The molecule has 1 heterocycles. The fraction of sp³-hybridized carbons (Fsp3) is 0.538. The summed E-state index contributed by atoms with van der Waals surface area (Å²) in [6.45, 7) is 4.29. The van der Waals surface area contributed by atoms with Crippen LogP contribution in [0, 0.1) is 5.82 Å². The maximum atomic E-state index is 13.8. The van der Waals surface area contributed by atoms with Gasteiger partial charge in [0.15, 0.2) is 11.6 Å². The van der Waals surface area contributed by atoms with Gasteiger partial charge in [-0.1, -0.05) is 0 Å². The smallest absolute Gasteiger partial charge is 0.243 e. The van der Waals surface area contributed by atoms with Crippen molar-refractivity contribution in [1.82, 2.24) is 9.21 Å². The first-order valence-electron chi connectivity index (χ1n) is 6.56. The van der Waals surface area contributed by atoms with E-state index in [1.807, 2.05) is 7.05 Å². The average molecular weight is 302 g/mol. The van der Waals surface area contributed by atoms with Crippen LogP contribution in [-0.4, -0.2) is 57.5 Å². The molecule has 1 saturated heterocycles. The summed E-state index contributed by atoms with van der Waals surface area (Å²) < 4.78 is 45.1. The summed E-state index contributed by atoms with van der Waals surface area (Å²) >= 11 is 0. The number of benzene rings is 1. The fourth-order valence-corrected chi connectivity index (χ4v) is 3.53. The predicted octanol–water partition coefficient (Wildman–Crippen LogP) is 1.16. The fourth-order valence-electron chi connectivity index (χ4n) is 2.09. The lowest BCUT2D eigenvalue weighted by atomic mass is 10.3. The molecule has 0 N–H and O–H groups in total. The van der Waals surface area contributed by atoms with E-state index in [1.165, 1.54) is 16.4 Å². The second kappa shape index (κ2) is 6.07. The molecule has 1 fully saturated rings. The molecular weight excluding hydrogens is 283 g/mol. The molecule has 0 aromatic heterocycles. The van der Waals surface area contributed by atoms with Gasteiger partial charge in [0.1, 0.15) is 0 Å². The van der Waals surface area contributed by atoms with Gasteiger partial charge in [0, 0.05) is 26.2 Å². The van der Waals surface area contributed by atoms with Crippen LogP contribution >= 0.6 is 0 Å². The number of likely N-dealkylation sites (N-methyl/N-ethyl adjacent to an activating group) is 1. The molecule has 0 spiro atoms. The summed E-state index contributed by atoms with van der Waals surface area (Å²) in [5, 5.41) is 0. The average Bonchev–Trinajstić information content (AvgIpc) is 2.41. The van der Waals surface area contributed by atoms with Crippen molar-refractivity contribution in [2.24, 2.45) is 0 Å². The summed E-state index contributed by atoms with van der Waals surface area (Å²) in [4.78, 5) is 2.04. The lowest BCUT2D eigenvalue weighted by Crippen LogP contribution is -2.47. The van der Waals surface area contributed by atoms with Crippen LogP contribution in [0.2, 0.25) is 0 Å². The van der Waals surface area contributed by atoms with Gasteiger partial charge in [-0.3, -0.25) is 0 Å². The van der Waals surface area contributed by atoms with Crippen LogP contribution in [0.3, 0.4) is 0 Å². The van der Waals surface area contributed by atoms with Gasteiger partial charge >= 0.3 is 0 Å². The number of nitrogens with zero attached hydrogens (tertiary/aromatic N) is 2. The highest BCUT2D eigenvalue weighted by Gasteiger charge is 2.28. The Kier molecular flexibility index (Phi) is 4.62. The van der Waals surface area contributed by atoms with Crippen molar-refractivity contribution in [3.63, 3.8) is 0 Å². The van der Waals surface area contributed by atoms with Crippen LogP contribution in [0.15, 0.2) is 23.1 Å². The zero-order valence-corrected chi connectivity index (χ0v) is 12.5. The predicted molar refractivity (Wildman–Crippen MR) is 73.8 cm³/mol. The normalized spacial score (nSPS) is 18.1. The number of hydrogen-bond donors (Lipinski definition) is 0. The minimum atomic E-state index is -3.63. The highest BCUT2D eigenvalue weighted by Crippen LogP contribution is 2.24. The van der Waals surface area contributed by atoms with Gasteiger partial charge in [0.25, 0.3) is 0 Å². The summed E-state index contributed by atoms with van der Waals surface area (Å²) in [6, 6.07) is 3.78. The zero-order valence-electron chi connectivity index (χ0n) is 11.7. The molecule has 0 radical (unpaired) electrons. The van der Waals surface area contributed by atoms with E-state index >= 15 is 0 Å². The van der Waals surface area contributed by atoms with Crippen LogP contribution in [0.4, 0.5) is 4.39 Å². The SMILES string of the molecule is CCOc1ccc(S(=O)(=O)N2CCN(C)CC2)cc1F. The van der Waals surface area contributed by atoms with Crippen molar-refractivity contribution in [2.75, 3.05) is 39.8 Å². The van der Waals surface area contributed by atoms with Crippen molar-refractivity contribution in [3.8, 4) is 5.75 Å². The van der Waals surface area contributed by atoms with Gasteiger partial charge in [0.05, 0.1) is 11.5 Å². The Labute approximate surface area is 119 Å². The number of rotatable bonds is 4. The van der Waals surface area contributed by atoms with Crippen molar-refractivity contribution in [3.05, 3.63) is 24.0 Å². The van der Waals surface area contributed by atoms with Crippen molar-refractivity contribution >= 4 is 10.0 Å². The van der Waals surface area contributed by atoms with Crippen molar-refractivity contribution < 1.29 is 17.5 Å². The number of piperazine rings is 1. The third-order valence-electron chi connectivity index (χ3n) is 3.30. The molecule has 0 atom stereocenters. The first-order chi connectivity index (χ1) is 9.45. The lowest BCUT2D eigenvalue weighted by molar-refractivity contribution is 0.222. The summed E-state index contributed by atoms with van der Waals surface area (Å²) in [6.07, 6.45) is 0. The molecule has 1 aliphatic rings. The van der Waals surface area contributed by atoms with Gasteiger partial charge < -0.3 is 9.64 Å². The Morgan fingerprint density at radius 2 is 1.90 bits per heavy atom. The zero-order chi connectivity index (χ0) is 14.8. The van der Waals surface area contributed by atoms with Crippen LogP contribution < -0.4 is 4.74 Å². The van der Waals surface area contributed by atoms with Crippen LogP contribution in [-0.2, 0) is 10.0 Å². The van der Waals surface area contributed by atoms with Gasteiger partial charge in [-0.15, -0.1) is 0 Å². The first-order valence-corrected chi connectivity index (χ1v) is 8.00. The Hall–Kier alpha value is -1.18. The summed E-state index contributed by atoms with van der Waals surface area (Å²) in [5.74, 6) is -0.577. The largest absolute Gasteiger partial charge is 0.491 e. The molecule has 112 valence electrons. The van der Waals surface area contributed by atoms with E-state index in [1.54, 1.807) is 6.92 Å². The third kappa shape index (κ3) is 3.11. The third-order valence-corrected chi connectivity index (χ3v) is 5.20. The molecule has 0 aliphatic carbocycles. The molecule has 2 rings (SSSR count). The second-order valence-corrected chi connectivity index (χ2v) is 6.67. The van der Waals surface area contributed by atoms with Crippen LogP contribution in [0.25, 0.3) is 0 Å². The van der Waals surface area contributed by atoms with Crippen LogP contribution in [0.1, 0.15) is 6.92 Å². The van der Waals surface area contributed by atoms with E-state index in [-0.39, 0.29) is 10.6 Å². The quantitative estimate of drug-likeness (QED) is 0.837. The molecule has 0 saturated carbocycles. The van der Waals surface area contributed by atoms with E-state index in [0.29, 0.717) is 32.8 Å². The maximum absolute atomic E-state index is 13.8. The monoisotopic (exact) mass is 302 g/mol. The number of halogens is 1. The topological polar surface area (TPSA) is 49.9 Å². The van der Waals surface area contributed by atoms with E-state index in [4.69, 9.17) is 4.74 Å². The van der Waals surface area contributed by atoms with E-state index in [2.05, 4.69) is 4.90 Å². The first kappa shape index (κ1) is 15.2. The van der Waals surface area contributed by atoms with Gasteiger partial charge in [0.2, 0.25) is 10.0 Å². The molecule has 20 heavy (non-hydrogen) atoms. The molecule has 0 bridgehead atoms. The lowest BCUT2D eigenvalue weighted by Gasteiger charge is -2.31. The standard InChI is InChI=1S/C13H19FN2O3S/c1-3-19-13-5-4-11(10-12(13)14)20(17,18)16-8-6-15(2)7-9-16/h4-5,10H,3,6-9H2,1-2H3. The number of ether oxygens (including phenoxy) is 1. The minimum absolute atomic E-state index is 0.0250. The molecule has 0 amide bonds. The Morgan fingerprint density at radius 3 is 2.45 bits per heavy atom. The van der Waals surface area contributed by atoms with Crippen molar-refractivity contribution in [1.29, 1.82) is 0 Å². The van der Waals surface area contributed by atoms with Crippen molar-refractivity contribution in [2.45, 2.75) is 11.8 Å². The Balaban J connectivity index is 2.23. The molecule has 7 heteroatoms. The number of hydrogen-bond acceptors (Lipinski definition) is 4. The maximum Gasteiger partial charge on any atom is 0.243 e. The van der Waals surface area contributed by atoms with Gasteiger partial charge in [-0.25, -0.2) is 12.8 Å². The van der Waals surface area contributed by atoms with E-state index in [9.17, 15) is 12.8 Å². The Bertz CT molecular complexity index is 569. The van der Waals surface area contributed by atoms with E-state index < -0.39 is 15.8 Å². The molecular formula is C13H19FN2O3S. The summed E-state index contributed by atoms with van der Waals surface area (Å²) in [7, 11) is -1.68. The molecule has 5 nitrogen and oxygen atoms in total. The van der Waals surface area contributed by atoms with Crippen LogP contribution in [0.5, 0.6) is 5.75 Å². The Morgan fingerprint density at radius 1 is 1.25 bits per heavy atom. The highest BCUT2D eigenvalue weighted by molar-refractivity contribution is 7.89. The van der Waals surface area contributed by atoms with Gasteiger partial charge in [-0.2, -0.15) is 4.31 Å². The van der Waals surface area contributed by atoms with E-state index in [0.717, 1.165) is 6.07 Å². The highest BCUT2D eigenvalue weighted by atomic mass is 32.2. The number of sulfonamides is 1. The molecule has 1 aromatic rings. The molecule has 0 unspecified atom stereocenters. The van der Waals surface area contributed by atoms with Gasteiger partial charge in [-0.05, 0) is 32.2 Å². The minimum Gasteiger partial charge on any atom is -0.491 e.